The summed E-state index contributed by atoms with van der Waals surface area (Å²) in [6.45, 7) is 4.89. The predicted octanol–water partition coefficient (Wildman–Crippen LogP) is 3.13. The molecule has 0 saturated heterocycles. The van der Waals surface area contributed by atoms with Gasteiger partial charge in [0.1, 0.15) is 0 Å². The molecular formula is C15H19N3S. The van der Waals surface area contributed by atoms with Gasteiger partial charge in [0, 0.05) is 24.6 Å². The number of anilines is 1. The number of nitrogens with one attached hydrogen (secondary N) is 2. The maximum Gasteiger partial charge on any atom is 0.171 e. The quantitative estimate of drug-likeness (QED) is 0.842. The van der Waals surface area contributed by atoms with Crippen LogP contribution in [0.1, 0.15) is 16.8 Å². The third-order valence-corrected chi connectivity index (χ3v) is 3.21. The minimum Gasteiger partial charge on any atom is -0.357 e. The summed E-state index contributed by atoms with van der Waals surface area (Å²) < 4.78 is 2.08. The van der Waals surface area contributed by atoms with Crippen molar-refractivity contribution < 1.29 is 0 Å². The van der Waals surface area contributed by atoms with Gasteiger partial charge >= 0.3 is 0 Å². The fourth-order valence-electron chi connectivity index (χ4n) is 2.07. The number of hydrogen-bond donors (Lipinski definition) is 2. The van der Waals surface area contributed by atoms with Crippen LogP contribution in [-0.4, -0.2) is 9.68 Å². The van der Waals surface area contributed by atoms with Crippen LogP contribution in [0.4, 0.5) is 5.69 Å². The van der Waals surface area contributed by atoms with E-state index in [0.717, 1.165) is 12.2 Å². The zero-order valence-electron chi connectivity index (χ0n) is 11.5. The highest BCUT2D eigenvalue weighted by Crippen LogP contribution is 2.13. The normalized spacial score (nSPS) is 10.3. The highest BCUT2D eigenvalue weighted by Gasteiger charge is 2.01. The Morgan fingerprint density at radius 3 is 2.47 bits per heavy atom. The Hall–Kier alpha value is -1.81. The minimum absolute atomic E-state index is 0.645. The Morgan fingerprint density at radius 2 is 1.89 bits per heavy atom. The molecule has 0 aliphatic heterocycles. The fraction of sp³-hybridized carbons (Fsp3) is 0.267. The Labute approximate surface area is 119 Å². The van der Waals surface area contributed by atoms with Crippen molar-refractivity contribution in [1.82, 2.24) is 9.88 Å². The molecule has 0 bridgehead atoms. The van der Waals surface area contributed by atoms with Crippen LogP contribution in [0.2, 0.25) is 0 Å². The molecule has 0 fully saturated rings. The highest BCUT2D eigenvalue weighted by atomic mass is 32.1. The van der Waals surface area contributed by atoms with E-state index >= 15 is 0 Å². The molecule has 0 aliphatic rings. The molecule has 0 spiro atoms. The molecule has 0 unspecified atom stereocenters. The summed E-state index contributed by atoms with van der Waals surface area (Å²) in [5.41, 5.74) is 4.69. The van der Waals surface area contributed by atoms with Crippen molar-refractivity contribution >= 4 is 23.0 Å². The number of rotatable bonds is 3. The van der Waals surface area contributed by atoms with E-state index < -0.39 is 0 Å². The highest BCUT2D eigenvalue weighted by molar-refractivity contribution is 7.80. The van der Waals surface area contributed by atoms with Gasteiger partial charge in [-0.3, -0.25) is 0 Å². The summed E-state index contributed by atoms with van der Waals surface area (Å²) in [5, 5.41) is 7.07. The molecule has 0 radical (unpaired) electrons. The molecule has 0 aliphatic carbocycles. The Balaban J connectivity index is 1.92. The third-order valence-electron chi connectivity index (χ3n) is 2.96. The maximum atomic E-state index is 5.31. The summed E-state index contributed by atoms with van der Waals surface area (Å²) >= 11 is 5.31. The zero-order chi connectivity index (χ0) is 13.8. The van der Waals surface area contributed by atoms with E-state index in [4.69, 9.17) is 12.2 Å². The number of benzene rings is 1. The molecule has 2 N–H and O–H groups in total. The fourth-order valence-corrected chi connectivity index (χ4v) is 2.26. The van der Waals surface area contributed by atoms with Crippen LogP contribution >= 0.6 is 12.2 Å². The Morgan fingerprint density at radius 1 is 1.21 bits per heavy atom. The first kappa shape index (κ1) is 13.6. The summed E-state index contributed by atoms with van der Waals surface area (Å²) in [7, 11) is 2.03. The molecule has 0 atom stereocenters. The van der Waals surface area contributed by atoms with Crippen LogP contribution in [0.3, 0.4) is 0 Å². The predicted molar refractivity (Wildman–Crippen MR) is 84.4 cm³/mol. The summed E-state index contributed by atoms with van der Waals surface area (Å²) in [6, 6.07) is 10.4. The third kappa shape index (κ3) is 3.83. The van der Waals surface area contributed by atoms with Crippen LogP contribution in [0.5, 0.6) is 0 Å². The maximum absolute atomic E-state index is 5.31. The molecule has 2 aromatic rings. The van der Waals surface area contributed by atoms with Crippen LogP contribution in [0, 0.1) is 13.8 Å². The van der Waals surface area contributed by atoms with Gasteiger partial charge < -0.3 is 15.2 Å². The van der Waals surface area contributed by atoms with Gasteiger partial charge in [0.05, 0.1) is 6.54 Å². The van der Waals surface area contributed by atoms with Crippen LogP contribution in [-0.2, 0) is 13.6 Å². The Bertz CT molecular complexity index is 567. The van der Waals surface area contributed by atoms with Crippen molar-refractivity contribution in [3.8, 4) is 0 Å². The summed E-state index contributed by atoms with van der Waals surface area (Å²) in [6.07, 6.45) is 2.03. The first-order valence-electron chi connectivity index (χ1n) is 6.28. The second-order valence-corrected chi connectivity index (χ2v) is 5.20. The van der Waals surface area contributed by atoms with Crippen molar-refractivity contribution in [3.63, 3.8) is 0 Å². The van der Waals surface area contributed by atoms with Crippen molar-refractivity contribution in [2.45, 2.75) is 20.4 Å². The van der Waals surface area contributed by atoms with E-state index in [0.29, 0.717) is 5.11 Å². The molecule has 1 aromatic carbocycles. The SMILES string of the molecule is Cc1cc(C)cc(NC(=S)NCc2cccn2C)c1. The molecule has 100 valence electrons. The van der Waals surface area contributed by atoms with Crippen LogP contribution in [0.15, 0.2) is 36.5 Å². The number of aryl methyl sites for hydroxylation is 3. The van der Waals surface area contributed by atoms with Crippen molar-refractivity contribution in [3.05, 3.63) is 53.3 Å². The first-order chi connectivity index (χ1) is 9.04. The largest absolute Gasteiger partial charge is 0.357 e. The number of nitrogens with zero attached hydrogens (tertiary/aromatic N) is 1. The lowest BCUT2D eigenvalue weighted by atomic mass is 10.1. The van der Waals surface area contributed by atoms with E-state index in [1.807, 2.05) is 19.3 Å². The van der Waals surface area contributed by atoms with Crippen molar-refractivity contribution in [2.75, 3.05) is 5.32 Å². The summed E-state index contributed by atoms with van der Waals surface area (Å²) in [4.78, 5) is 0. The average molecular weight is 273 g/mol. The molecule has 19 heavy (non-hydrogen) atoms. The molecular weight excluding hydrogens is 254 g/mol. The molecule has 3 nitrogen and oxygen atoms in total. The van der Waals surface area contributed by atoms with Crippen molar-refractivity contribution in [2.24, 2.45) is 7.05 Å². The Kier molecular flexibility index (Phi) is 4.22. The van der Waals surface area contributed by atoms with Gasteiger partial charge in [-0.05, 0) is 61.5 Å². The zero-order valence-corrected chi connectivity index (χ0v) is 12.3. The van der Waals surface area contributed by atoms with Gasteiger partial charge in [0.25, 0.3) is 0 Å². The van der Waals surface area contributed by atoms with E-state index in [9.17, 15) is 0 Å². The van der Waals surface area contributed by atoms with E-state index in [1.165, 1.54) is 16.8 Å². The van der Waals surface area contributed by atoms with Crippen molar-refractivity contribution in [1.29, 1.82) is 0 Å². The molecule has 0 amide bonds. The van der Waals surface area contributed by atoms with Gasteiger partial charge in [0.15, 0.2) is 5.11 Å². The lowest BCUT2D eigenvalue weighted by molar-refractivity contribution is 0.783. The van der Waals surface area contributed by atoms with E-state index in [2.05, 4.69) is 53.3 Å². The average Bonchev–Trinajstić information content (AvgIpc) is 2.71. The topological polar surface area (TPSA) is 29.0 Å². The second-order valence-electron chi connectivity index (χ2n) is 4.79. The first-order valence-corrected chi connectivity index (χ1v) is 6.69. The minimum atomic E-state index is 0.645. The van der Waals surface area contributed by atoms with Gasteiger partial charge in [-0.15, -0.1) is 0 Å². The van der Waals surface area contributed by atoms with Crippen LogP contribution < -0.4 is 10.6 Å². The second kappa shape index (κ2) is 5.89. The molecule has 2 rings (SSSR count). The molecule has 4 heteroatoms. The van der Waals surface area contributed by atoms with Gasteiger partial charge in [-0.2, -0.15) is 0 Å². The standard InChI is InChI=1S/C15H19N3S/c1-11-7-12(2)9-13(8-11)17-15(19)16-10-14-5-4-6-18(14)3/h4-9H,10H2,1-3H3,(H2,16,17,19). The van der Waals surface area contributed by atoms with Gasteiger partial charge in [0.2, 0.25) is 0 Å². The molecule has 1 heterocycles. The van der Waals surface area contributed by atoms with Gasteiger partial charge in [-0.25, -0.2) is 0 Å². The van der Waals surface area contributed by atoms with E-state index in [-0.39, 0.29) is 0 Å². The molecule has 0 saturated carbocycles. The van der Waals surface area contributed by atoms with Crippen LogP contribution in [0.25, 0.3) is 0 Å². The van der Waals surface area contributed by atoms with E-state index in [1.54, 1.807) is 0 Å². The number of hydrogen-bond acceptors (Lipinski definition) is 1. The smallest absolute Gasteiger partial charge is 0.171 e. The summed E-state index contributed by atoms with van der Waals surface area (Å²) in [5.74, 6) is 0. The number of thiocarbonyl (C=S) groups is 1. The monoisotopic (exact) mass is 273 g/mol. The lowest BCUT2D eigenvalue weighted by Gasteiger charge is -2.12. The molecule has 1 aromatic heterocycles. The lowest BCUT2D eigenvalue weighted by Crippen LogP contribution is -2.28. The van der Waals surface area contributed by atoms with Gasteiger partial charge in [-0.1, -0.05) is 6.07 Å². The number of aromatic nitrogens is 1.